The lowest BCUT2D eigenvalue weighted by molar-refractivity contribution is -0.600. The first kappa shape index (κ1) is 14.8. The van der Waals surface area contributed by atoms with E-state index in [1.165, 1.54) is 23.9 Å². The molecule has 2 rings (SSSR count). The molecule has 0 aliphatic carbocycles. The van der Waals surface area contributed by atoms with Crippen LogP contribution in [-0.2, 0) is 6.54 Å². The van der Waals surface area contributed by atoms with Gasteiger partial charge in [0.15, 0.2) is 5.56 Å². The quantitative estimate of drug-likeness (QED) is 0.650. The summed E-state index contributed by atoms with van der Waals surface area (Å²) >= 11 is 0. The first-order valence-corrected chi connectivity index (χ1v) is 6.13. The number of ketones is 1. The number of halogens is 2. The molecule has 1 N–H and O–H groups in total. The summed E-state index contributed by atoms with van der Waals surface area (Å²) in [5, 5.41) is 0. The highest BCUT2D eigenvalue weighted by atomic mass is 19.3. The number of carbonyl (C=O) groups is 1. The van der Waals surface area contributed by atoms with Crippen LogP contribution in [0.25, 0.3) is 5.82 Å². The Morgan fingerprint density at radius 2 is 1.90 bits per heavy atom. The van der Waals surface area contributed by atoms with Crippen molar-refractivity contribution in [1.29, 1.82) is 0 Å². The molecule has 0 saturated heterocycles. The Labute approximate surface area is 117 Å². The molecule has 0 aliphatic heterocycles. The number of pyridine rings is 1. The van der Waals surface area contributed by atoms with Crippen molar-refractivity contribution in [2.75, 3.05) is 0 Å². The fourth-order valence-electron chi connectivity index (χ4n) is 1.92. The van der Waals surface area contributed by atoms with E-state index < -0.39 is 29.0 Å². The number of Topliss-reactive ketones (excluding diaryl/α,β-unsaturated/α-hetero) is 1. The zero-order valence-corrected chi connectivity index (χ0v) is 11.0. The molecule has 0 amide bonds. The lowest BCUT2D eigenvalue weighted by Gasteiger charge is -2.06. The Morgan fingerprint density at radius 3 is 2.43 bits per heavy atom. The van der Waals surface area contributed by atoms with Crippen LogP contribution in [0, 0.1) is 0 Å². The molecular formula is C13H12F2N3O3+. The van der Waals surface area contributed by atoms with E-state index in [9.17, 15) is 23.2 Å². The molecule has 0 aromatic carbocycles. The summed E-state index contributed by atoms with van der Waals surface area (Å²) in [5.41, 5.74) is -2.53. The Kier molecular flexibility index (Phi) is 4.06. The molecule has 2 aromatic heterocycles. The highest BCUT2D eigenvalue weighted by Crippen LogP contribution is 2.06. The third-order valence-electron chi connectivity index (χ3n) is 2.90. The number of nitrogens with one attached hydrogen (secondary N) is 1. The Balaban J connectivity index is 2.85. The maximum atomic E-state index is 12.7. The van der Waals surface area contributed by atoms with Gasteiger partial charge in [0, 0.05) is 6.54 Å². The summed E-state index contributed by atoms with van der Waals surface area (Å²) in [6, 6.07) is 4.80. The highest BCUT2D eigenvalue weighted by Gasteiger charge is 2.31. The van der Waals surface area contributed by atoms with Gasteiger partial charge in [-0.3, -0.25) is 9.59 Å². The molecule has 110 valence electrons. The Bertz CT molecular complexity index is 781. The molecule has 0 spiro atoms. The normalized spacial score (nSPS) is 10.9. The minimum absolute atomic E-state index is 0.0303. The topological polar surface area (TPSA) is 75.8 Å². The van der Waals surface area contributed by atoms with Crippen molar-refractivity contribution in [3.8, 4) is 5.82 Å². The Hall–Kier alpha value is -2.64. The predicted octanol–water partition coefficient (Wildman–Crippen LogP) is 0.281. The molecule has 0 saturated carbocycles. The van der Waals surface area contributed by atoms with Gasteiger partial charge in [0.1, 0.15) is 0 Å². The molecule has 2 heterocycles. The van der Waals surface area contributed by atoms with Crippen molar-refractivity contribution in [1.82, 2.24) is 9.55 Å². The van der Waals surface area contributed by atoms with E-state index in [-0.39, 0.29) is 12.4 Å². The molecule has 0 bridgehead atoms. The number of aromatic nitrogens is 3. The molecule has 0 radical (unpaired) electrons. The molecule has 0 aliphatic rings. The molecule has 6 nitrogen and oxygen atoms in total. The lowest BCUT2D eigenvalue weighted by Crippen LogP contribution is -2.46. The molecular weight excluding hydrogens is 284 g/mol. The molecule has 0 fully saturated rings. The van der Waals surface area contributed by atoms with E-state index in [0.29, 0.717) is 4.57 Å². The van der Waals surface area contributed by atoms with Gasteiger partial charge in [0.05, 0.1) is 12.4 Å². The molecule has 2 aromatic rings. The number of hydrogen-bond donors (Lipinski definition) is 1. The lowest BCUT2D eigenvalue weighted by atomic mass is 10.2. The number of nitrogens with zero attached hydrogens (tertiary/aromatic N) is 2. The third-order valence-corrected chi connectivity index (χ3v) is 2.90. The van der Waals surface area contributed by atoms with Gasteiger partial charge in [-0.2, -0.15) is 4.98 Å². The largest absolute Gasteiger partial charge is 0.416 e. The molecule has 21 heavy (non-hydrogen) atoms. The minimum Gasteiger partial charge on any atom is -0.287 e. The molecule has 0 atom stereocenters. The number of rotatable bonds is 4. The number of carbonyl (C=O) groups excluding carboxylic acids is 1. The van der Waals surface area contributed by atoms with Crippen LogP contribution >= 0.6 is 0 Å². The van der Waals surface area contributed by atoms with E-state index in [1.807, 2.05) is 0 Å². The monoisotopic (exact) mass is 296 g/mol. The number of alkyl halides is 2. The maximum absolute atomic E-state index is 12.7. The van der Waals surface area contributed by atoms with E-state index in [2.05, 4.69) is 4.98 Å². The van der Waals surface area contributed by atoms with Crippen LogP contribution in [0.15, 0.2) is 40.2 Å². The van der Waals surface area contributed by atoms with E-state index in [4.69, 9.17) is 0 Å². The molecule has 8 heteroatoms. The van der Waals surface area contributed by atoms with E-state index in [0.717, 1.165) is 0 Å². The van der Waals surface area contributed by atoms with Crippen molar-refractivity contribution in [3.05, 3.63) is 57.0 Å². The highest BCUT2D eigenvalue weighted by molar-refractivity contribution is 6.00. The fraction of sp³-hybridized carbons (Fsp3) is 0.231. The van der Waals surface area contributed by atoms with Crippen molar-refractivity contribution >= 4 is 5.78 Å². The second-order valence-electron chi connectivity index (χ2n) is 4.15. The fourth-order valence-corrected chi connectivity index (χ4v) is 1.92. The van der Waals surface area contributed by atoms with Gasteiger partial charge in [0.25, 0.3) is 5.56 Å². The zero-order valence-electron chi connectivity index (χ0n) is 11.0. The van der Waals surface area contributed by atoms with Crippen LogP contribution < -0.4 is 15.8 Å². The zero-order chi connectivity index (χ0) is 15.6. The van der Waals surface area contributed by atoms with Crippen molar-refractivity contribution in [3.63, 3.8) is 0 Å². The number of hydrogen-bond acceptors (Lipinski definition) is 3. The second kappa shape index (κ2) is 5.78. The standard InChI is InChI=1S/C13H11F2N3O3/c1-2-18-12(20)8(9(19)10(14)15)11(16-13(18)21)17-6-4-3-5-7-17/h3-7,10H,2H2,1H3/p+1. The van der Waals surface area contributed by atoms with Gasteiger partial charge >= 0.3 is 17.9 Å². The van der Waals surface area contributed by atoms with Gasteiger partial charge < -0.3 is 0 Å². The summed E-state index contributed by atoms with van der Waals surface area (Å²) in [6.07, 6.45) is -0.469. The average molecular weight is 296 g/mol. The number of aromatic amines is 1. The summed E-state index contributed by atoms with van der Waals surface area (Å²) < 4.78 is 27.4. The van der Waals surface area contributed by atoms with Crippen molar-refractivity contribution < 1.29 is 18.1 Å². The van der Waals surface area contributed by atoms with Gasteiger partial charge in [-0.05, 0) is 19.1 Å². The van der Waals surface area contributed by atoms with Gasteiger partial charge in [-0.25, -0.2) is 22.7 Å². The second-order valence-corrected chi connectivity index (χ2v) is 4.15. The SMILES string of the molecule is CCn1c(=O)[nH]c(-[n+]2ccccc2)c(C(=O)C(F)F)c1=O. The number of H-pyrrole nitrogens is 1. The van der Waals surface area contributed by atoms with Crippen molar-refractivity contribution in [2.45, 2.75) is 19.9 Å². The minimum atomic E-state index is -3.34. The third kappa shape index (κ3) is 2.64. The van der Waals surface area contributed by atoms with Crippen LogP contribution in [0.1, 0.15) is 17.3 Å². The Morgan fingerprint density at radius 1 is 1.29 bits per heavy atom. The summed E-state index contributed by atoms with van der Waals surface area (Å²) in [5.74, 6) is -1.88. The first-order valence-electron chi connectivity index (χ1n) is 6.13. The van der Waals surface area contributed by atoms with Gasteiger partial charge in [-0.1, -0.05) is 6.07 Å². The van der Waals surface area contributed by atoms with E-state index in [1.54, 1.807) is 18.2 Å². The van der Waals surface area contributed by atoms with Crippen LogP contribution in [0.2, 0.25) is 0 Å². The smallest absolute Gasteiger partial charge is 0.287 e. The summed E-state index contributed by atoms with van der Waals surface area (Å²) in [7, 11) is 0. The average Bonchev–Trinajstić information content (AvgIpc) is 2.47. The first-order chi connectivity index (χ1) is 9.97. The summed E-state index contributed by atoms with van der Waals surface area (Å²) in [4.78, 5) is 37.9. The molecule has 0 unspecified atom stereocenters. The van der Waals surface area contributed by atoms with Gasteiger partial charge in [-0.15, -0.1) is 0 Å². The van der Waals surface area contributed by atoms with Crippen molar-refractivity contribution in [2.24, 2.45) is 0 Å². The van der Waals surface area contributed by atoms with Crippen LogP contribution in [-0.4, -0.2) is 21.8 Å². The van der Waals surface area contributed by atoms with Crippen LogP contribution in [0.4, 0.5) is 8.78 Å². The maximum Gasteiger partial charge on any atom is 0.416 e. The van der Waals surface area contributed by atoms with E-state index >= 15 is 0 Å². The predicted molar refractivity (Wildman–Crippen MR) is 68.9 cm³/mol. The van der Waals surface area contributed by atoms with Crippen LogP contribution in [0.3, 0.4) is 0 Å². The summed E-state index contributed by atoms with van der Waals surface area (Å²) in [6.45, 7) is 1.47. The van der Waals surface area contributed by atoms with Crippen LogP contribution in [0.5, 0.6) is 0 Å². The van der Waals surface area contributed by atoms with Gasteiger partial charge in [0.2, 0.25) is 5.78 Å².